The smallest absolute Gasteiger partial charge is 0.150 e. The minimum atomic E-state index is -0.378. The quantitative estimate of drug-likeness (QED) is 0.834. The first kappa shape index (κ1) is 12.0. The Morgan fingerprint density at radius 3 is 2.79 bits per heavy atom. The van der Waals surface area contributed by atoms with Crippen LogP contribution in [-0.2, 0) is 0 Å². The average molecular weight is 274 g/mol. The highest BCUT2D eigenvalue weighted by Crippen LogP contribution is 2.32. The zero-order valence-corrected chi connectivity index (χ0v) is 10.8. The summed E-state index contributed by atoms with van der Waals surface area (Å²) in [4.78, 5) is 1.17. The molecule has 0 fully saturated rings. The van der Waals surface area contributed by atoms with Crippen molar-refractivity contribution in [1.29, 1.82) is 0 Å². The Kier molecular flexibility index (Phi) is 3.33. The van der Waals surface area contributed by atoms with Crippen molar-refractivity contribution >= 4 is 23.1 Å². The number of nitrogens with one attached hydrogen (secondary N) is 1. The van der Waals surface area contributed by atoms with Gasteiger partial charge in [-0.3, -0.25) is 5.43 Å². The fourth-order valence-corrected chi connectivity index (χ4v) is 2.49. The van der Waals surface area contributed by atoms with Gasteiger partial charge in [-0.25, -0.2) is 4.39 Å². The van der Waals surface area contributed by atoms with E-state index in [1.165, 1.54) is 11.0 Å². The molecule has 0 radical (unpaired) electrons. The number of thioether (sulfide) groups is 1. The molecule has 0 bridgehead atoms. The molecule has 19 heavy (non-hydrogen) atoms. The molecule has 0 amide bonds. The zero-order valence-electron chi connectivity index (χ0n) is 9.95. The van der Waals surface area contributed by atoms with Crippen LogP contribution < -0.4 is 5.43 Å². The summed E-state index contributed by atoms with van der Waals surface area (Å²) in [6, 6.07) is 14.2. The van der Waals surface area contributed by atoms with Crippen LogP contribution in [0, 0.1) is 5.82 Å². The summed E-state index contributed by atoms with van der Waals surface area (Å²) in [5.41, 5.74) is 4.32. The van der Waals surface area contributed by atoms with Gasteiger partial charge in [0.25, 0.3) is 0 Å². The van der Waals surface area contributed by atoms with Gasteiger partial charge in [0.2, 0.25) is 0 Å². The number of fused-ring (bicyclic) bond motifs is 1. The number of halogens is 1. The fourth-order valence-electron chi connectivity index (χ4n) is 1.67. The number of benzene rings is 2. The largest absolute Gasteiger partial charge is 0.279 e. The molecule has 0 saturated carbocycles. The Bertz CT molecular complexity index is 617. The van der Waals surface area contributed by atoms with E-state index in [1.807, 2.05) is 24.3 Å². The Morgan fingerprint density at radius 2 is 1.89 bits per heavy atom. The van der Waals surface area contributed by atoms with Crippen molar-refractivity contribution < 1.29 is 4.39 Å². The van der Waals surface area contributed by atoms with Crippen molar-refractivity contribution in [2.24, 2.45) is 10.3 Å². The maximum atomic E-state index is 13.4. The first-order valence-corrected chi connectivity index (χ1v) is 6.74. The average Bonchev–Trinajstić information content (AvgIpc) is 2.46. The number of nitrogens with zero attached hydrogens (tertiary/aromatic N) is 3. The summed E-state index contributed by atoms with van der Waals surface area (Å²) >= 11 is 1.65. The van der Waals surface area contributed by atoms with E-state index in [0.29, 0.717) is 5.88 Å². The molecule has 3 rings (SSSR count). The van der Waals surface area contributed by atoms with Crippen molar-refractivity contribution in [3.63, 3.8) is 0 Å². The number of para-hydroxylation sites is 1. The summed E-state index contributed by atoms with van der Waals surface area (Å²) in [6.45, 7) is 0. The van der Waals surface area contributed by atoms with Crippen LogP contribution in [0.4, 0.5) is 15.8 Å². The molecule has 1 aliphatic heterocycles. The molecule has 1 heterocycles. The summed E-state index contributed by atoms with van der Waals surface area (Å²) in [5, 5.41) is 9.48. The van der Waals surface area contributed by atoms with Crippen molar-refractivity contribution in [2.45, 2.75) is 4.90 Å². The van der Waals surface area contributed by atoms with Crippen LogP contribution in [0.1, 0.15) is 0 Å². The van der Waals surface area contributed by atoms with E-state index in [1.54, 1.807) is 35.1 Å². The molecule has 2 aromatic rings. The van der Waals surface area contributed by atoms with E-state index in [0.717, 1.165) is 5.69 Å². The highest BCUT2D eigenvalue weighted by atomic mass is 32.2. The Labute approximate surface area is 114 Å². The molecule has 1 aliphatic rings. The van der Waals surface area contributed by atoms with Crippen LogP contribution in [-0.4, -0.2) is 11.0 Å². The highest BCUT2D eigenvalue weighted by molar-refractivity contribution is 7.99. The summed E-state index contributed by atoms with van der Waals surface area (Å²) < 4.78 is 13.4. The lowest BCUT2D eigenvalue weighted by Crippen LogP contribution is -2.26. The van der Waals surface area contributed by atoms with Gasteiger partial charge in [-0.05, 0) is 29.5 Å². The van der Waals surface area contributed by atoms with Gasteiger partial charge in [-0.1, -0.05) is 36.0 Å². The van der Waals surface area contributed by atoms with Gasteiger partial charge >= 0.3 is 0 Å². The number of rotatable bonds is 2. The van der Waals surface area contributed by atoms with Crippen molar-refractivity contribution in [3.8, 4) is 0 Å². The van der Waals surface area contributed by atoms with Crippen LogP contribution in [0.25, 0.3) is 0 Å². The Morgan fingerprint density at radius 1 is 1.11 bits per heavy atom. The molecule has 0 aromatic heterocycles. The van der Waals surface area contributed by atoms with Gasteiger partial charge in [-0.15, -0.1) is 5.11 Å². The Hall–Kier alpha value is -2.08. The van der Waals surface area contributed by atoms with E-state index in [4.69, 9.17) is 0 Å². The minimum absolute atomic E-state index is 0.230. The van der Waals surface area contributed by atoms with Crippen LogP contribution in [0.2, 0.25) is 0 Å². The van der Waals surface area contributed by atoms with Gasteiger partial charge in [0.1, 0.15) is 11.6 Å². The third-order valence-corrected chi connectivity index (χ3v) is 3.63. The Balaban J connectivity index is 1.74. The number of hydrazine groups is 1. The van der Waals surface area contributed by atoms with E-state index in [9.17, 15) is 4.39 Å². The van der Waals surface area contributed by atoms with E-state index < -0.39 is 0 Å². The standard InChI is InChI=1S/C13H11FN4S/c14-10-5-1-2-6-11(10)15-17-18-9-19-13-8-4-3-7-12(13)16-18/h1-8,16H,9H2. The van der Waals surface area contributed by atoms with Crippen LogP contribution in [0.5, 0.6) is 0 Å². The lowest BCUT2D eigenvalue weighted by molar-refractivity contribution is 0.379. The molecule has 2 aromatic carbocycles. The molecule has 0 atom stereocenters. The second-order valence-corrected chi connectivity index (χ2v) is 4.91. The first-order valence-electron chi connectivity index (χ1n) is 5.75. The molecule has 0 aliphatic carbocycles. The highest BCUT2D eigenvalue weighted by Gasteiger charge is 2.13. The normalized spacial score (nSPS) is 14.3. The van der Waals surface area contributed by atoms with Gasteiger partial charge in [0.05, 0.1) is 5.69 Å². The predicted octanol–water partition coefficient (Wildman–Crippen LogP) is 4.22. The number of hydrogen-bond acceptors (Lipinski definition) is 4. The van der Waals surface area contributed by atoms with E-state index >= 15 is 0 Å². The molecule has 96 valence electrons. The minimum Gasteiger partial charge on any atom is -0.279 e. The summed E-state index contributed by atoms with van der Waals surface area (Å²) in [5.74, 6) is 0.242. The molecule has 0 spiro atoms. The van der Waals surface area contributed by atoms with Crippen LogP contribution in [0.3, 0.4) is 0 Å². The first-order chi connectivity index (χ1) is 9.33. The predicted molar refractivity (Wildman–Crippen MR) is 73.5 cm³/mol. The zero-order chi connectivity index (χ0) is 13.1. The maximum absolute atomic E-state index is 13.4. The monoisotopic (exact) mass is 274 g/mol. The molecule has 1 N–H and O–H groups in total. The van der Waals surface area contributed by atoms with Crippen molar-refractivity contribution in [3.05, 3.63) is 54.3 Å². The van der Waals surface area contributed by atoms with Crippen molar-refractivity contribution in [2.75, 3.05) is 11.3 Å². The maximum Gasteiger partial charge on any atom is 0.150 e. The van der Waals surface area contributed by atoms with Crippen molar-refractivity contribution in [1.82, 2.24) is 5.12 Å². The van der Waals surface area contributed by atoms with Gasteiger partial charge in [-0.2, -0.15) is 5.12 Å². The van der Waals surface area contributed by atoms with E-state index in [-0.39, 0.29) is 11.5 Å². The second-order valence-electron chi connectivity index (χ2n) is 3.92. The SMILES string of the molecule is Fc1ccccc1N=NN1CSc2ccccc2N1. The summed E-state index contributed by atoms with van der Waals surface area (Å²) in [7, 11) is 0. The second kappa shape index (κ2) is 5.27. The third-order valence-electron chi connectivity index (χ3n) is 2.59. The third kappa shape index (κ3) is 2.68. The number of hydrogen-bond donors (Lipinski definition) is 1. The van der Waals surface area contributed by atoms with Gasteiger partial charge in [0.15, 0.2) is 5.82 Å². The molecule has 4 nitrogen and oxygen atoms in total. The lowest BCUT2D eigenvalue weighted by atomic mass is 10.3. The molecular weight excluding hydrogens is 263 g/mol. The van der Waals surface area contributed by atoms with Gasteiger partial charge < -0.3 is 0 Å². The molecular formula is C13H11FN4S. The topological polar surface area (TPSA) is 40.0 Å². The fraction of sp³-hybridized carbons (Fsp3) is 0.0769. The molecule has 0 unspecified atom stereocenters. The molecule has 6 heteroatoms. The lowest BCUT2D eigenvalue weighted by Gasteiger charge is -2.25. The summed E-state index contributed by atoms with van der Waals surface area (Å²) in [6.07, 6.45) is 0. The molecule has 0 saturated heterocycles. The van der Waals surface area contributed by atoms with Crippen LogP contribution in [0.15, 0.2) is 63.8 Å². The van der Waals surface area contributed by atoms with E-state index in [2.05, 4.69) is 15.8 Å². The number of anilines is 1. The van der Waals surface area contributed by atoms with Crippen LogP contribution >= 0.6 is 11.8 Å². The van der Waals surface area contributed by atoms with Gasteiger partial charge in [0, 0.05) is 4.90 Å².